The molecule has 1 atom stereocenters. The number of aromatic nitrogens is 2. The Hall–Kier alpha value is -4.03. The van der Waals surface area contributed by atoms with Gasteiger partial charge in [-0.05, 0) is 35.9 Å². The number of hydrogen-bond acceptors (Lipinski definition) is 8. The van der Waals surface area contributed by atoms with Crippen LogP contribution in [-0.2, 0) is 4.79 Å². The number of fused-ring (bicyclic) bond motifs is 3. The van der Waals surface area contributed by atoms with Crippen LogP contribution >= 0.6 is 11.6 Å². The summed E-state index contributed by atoms with van der Waals surface area (Å²) in [6.45, 7) is 4.86. The maximum absolute atomic E-state index is 14.6. The Morgan fingerprint density at radius 2 is 2.02 bits per heavy atom. The van der Waals surface area contributed by atoms with Gasteiger partial charge in [-0.2, -0.15) is 9.97 Å². The summed E-state index contributed by atoms with van der Waals surface area (Å²) in [5, 5.41) is 3.87. The van der Waals surface area contributed by atoms with Gasteiger partial charge in [0.1, 0.15) is 23.8 Å². The number of rotatable bonds is 6. The summed E-state index contributed by atoms with van der Waals surface area (Å²) in [6, 6.07) is 5.59. The largest absolute Gasteiger partial charge is 0.463 e. The summed E-state index contributed by atoms with van der Waals surface area (Å²) in [7, 11) is 0. The monoisotopic (exact) mass is 586 g/mol. The minimum Gasteiger partial charge on any atom is -0.463 e. The Balaban J connectivity index is 1.47. The number of anilines is 2. The van der Waals surface area contributed by atoms with E-state index < -0.39 is 24.3 Å². The number of furan rings is 1. The molecule has 0 aliphatic carbocycles. The molecule has 1 amide bonds. The molecule has 6 rings (SSSR count). The van der Waals surface area contributed by atoms with Gasteiger partial charge in [0, 0.05) is 55.3 Å². The van der Waals surface area contributed by atoms with E-state index in [1.807, 2.05) is 4.90 Å². The molecule has 9 nitrogen and oxygen atoms in total. The summed E-state index contributed by atoms with van der Waals surface area (Å²) in [5.74, 6) is -3.14. The topological polar surface area (TPSA) is 110 Å². The van der Waals surface area contributed by atoms with Crippen LogP contribution in [0.1, 0.15) is 6.42 Å². The van der Waals surface area contributed by atoms with Gasteiger partial charge in [-0.1, -0.05) is 18.2 Å². The molecule has 3 N–H and O–H groups in total. The number of halogens is 4. The highest BCUT2D eigenvalue weighted by atomic mass is 35.5. The van der Waals surface area contributed by atoms with Crippen LogP contribution in [0.3, 0.4) is 0 Å². The smallest absolute Gasteiger partial charge is 0.319 e. The normalized spacial score (nSPS) is 18.8. The van der Waals surface area contributed by atoms with Crippen molar-refractivity contribution in [3.05, 3.63) is 54.0 Å². The maximum atomic E-state index is 14.6. The number of benzene rings is 2. The van der Waals surface area contributed by atoms with Gasteiger partial charge in [0.05, 0.1) is 28.7 Å². The number of nitrogens with one attached hydrogen (secondary N) is 1. The van der Waals surface area contributed by atoms with Crippen LogP contribution < -0.4 is 20.7 Å². The quantitative estimate of drug-likeness (QED) is 0.249. The predicted molar refractivity (Wildman–Crippen MR) is 150 cm³/mol. The lowest BCUT2D eigenvalue weighted by Gasteiger charge is -2.35. The first-order valence-electron chi connectivity index (χ1n) is 13.0. The first-order valence-corrected chi connectivity index (χ1v) is 13.4. The summed E-state index contributed by atoms with van der Waals surface area (Å²) in [4.78, 5) is 25.1. The van der Waals surface area contributed by atoms with Crippen molar-refractivity contribution in [3.63, 3.8) is 0 Å². The molecule has 0 spiro atoms. The lowest BCUT2D eigenvalue weighted by molar-refractivity contribution is -0.126. The summed E-state index contributed by atoms with van der Waals surface area (Å²) in [5.41, 5.74) is 7.88. The lowest BCUT2D eigenvalue weighted by atomic mass is 9.98. The Bertz CT molecular complexity index is 1670. The van der Waals surface area contributed by atoms with Crippen molar-refractivity contribution in [1.82, 2.24) is 20.2 Å². The van der Waals surface area contributed by atoms with Crippen molar-refractivity contribution in [2.45, 2.75) is 18.4 Å². The van der Waals surface area contributed by atoms with E-state index in [2.05, 4.69) is 21.9 Å². The number of amides is 1. The first-order chi connectivity index (χ1) is 19.6. The third-order valence-electron chi connectivity index (χ3n) is 7.38. The Labute approximate surface area is 237 Å². The molecule has 0 radical (unpaired) electrons. The number of carbonyl (C=O) groups is 1. The van der Waals surface area contributed by atoms with Gasteiger partial charge in [0.2, 0.25) is 5.91 Å². The van der Waals surface area contributed by atoms with Gasteiger partial charge >= 0.3 is 6.01 Å². The van der Waals surface area contributed by atoms with E-state index in [0.717, 1.165) is 6.07 Å². The van der Waals surface area contributed by atoms with Crippen LogP contribution in [0.15, 0.2) is 47.6 Å². The molecule has 41 heavy (non-hydrogen) atoms. The molecule has 2 aromatic carbocycles. The van der Waals surface area contributed by atoms with Crippen molar-refractivity contribution >= 4 is 50.9 Å². The Kier molecular flexibility index (Phi) is 6.90. The van der Waals surface area contributed by atoms with Crippen molar-refractivity contribution in [3.8, 4) is 17.1 Å². The highest BCUT2D eigenvalue weighted by Crippen LogP contribution is 2.42. The highest BCUT2D eigenvalue weighted by molar-refractivity contribution is 6.34. The number of piperazine rings is 1. The molecule has 214 valence electrons. The molecule has 2 aromatic heterocycles. The number of nitrogens with two attached hydrogens (primary N) is 1. The molecule has 13 heteroatoms. The van der Waals surface area contributed by atoms with Crippen LogP contribution in [0.2, 0.25) is 5.02 Å². The zero-order valence-electron chi connectivity index (χ0n) is 21.8. The second-order valence-corrected chi connectivity index (χ2v) is 10.5. The number of alkyl halides is 2. The fraction of sp³-hybridized carbons (Fsp3) is 0.321. The molecule has 2 saturated heterocycles. The number of nitrogens with zero attached hydrogens (tertiary/aromatic N) is 4. The van der Waals surface area contributed by atoms with Gasteiger partial charge in [0.25, 0.3) is 5.92 Å². The number of nitrogen functional groups attached to an aromatic ring is 1. The van der Waals surface area contributed by atoms with Gasteiger partial charge in [-0.15, -0.1) is 0 Å². The molecular weight excluding hydrogens is 561 g/mol. The Morgan fingerprint density at radius 1 is 1.24 bits per heavy atom. The van der Waals surface area contributed by atoms with Gasteiger partial charge < -0.3 is 30.0 Å². The van der Waals surface area contributed by atoms with Crippen LogP contribution in [0.25, 0.3) is 33.0 Å². The molecule has 4 heterocycles. The fourth-order valence-corrected chi connectivity index (χ4v) is 5.59. The van der Waals surface area contributed by atoms with Crippen LogP contribution in [-0.4, -0.2) is 72.1 Å². The SMILES string of the molecule is C=CC(=O)N1CCN(c2nc(OC[C@@H]3CC(F)(F)CN3)nc3cc(-c4cc(N)cc(F)c4Cl)c4ccoc4c23)CC1. The highest BCUT2D eigenvalue weighted by Gasteiger charge is 2.39. The van der Waals surface area contributed by atoms with Crippen LogP contribution in [0, 0.1) is 5.82 Å². The van der Waals surface area contributed by atoms with E-state index in [0.29, 0.717) is 65.0 Å². The van der Waals surface area contributed by atoms with E-state index in [4.69, 9.17) is 26.5 Å². The molecule has 0 saturated carbocycles. The van der Waals surface area contributed by atoms with Crippen LogP contribution in [0.4, 0.5) is 24.7 Å². The molecule has 0 bridgehead atoms. The van der Waals surface area contributed by atoms with E-state index in [1.54, 1.807) is 23.1 Å². The average molecular weight is 587 g/mol. The summed E-state index contributed by atoms with van der Waals surface area (Å²) in [6.07, 6.45) is 2.43. The third-order valence-corrected chi connectivity index (χ3v) is 7.76. The molecule has 4 aromatic rings. The minimum atomic E-state index is -2.81. The van der Waals surface area contributed by atoms with Gasteiger partial charge in [0.15, 0.2) is 0 Å². The van der Waals surface area contributed by atoms with Gasteiger partial charge in [-0.3, -0.25) is 4.79 Å². The third kappa shape index (κ3) is 5.13. The maximum Gasteiger partial charge on any atom is 0.319 e. The van der Waals surface area contributed by atoms with Crippen molar-refractivity contribution < 1.29 is 27.1 Å². The van der Waals surface area contributed by atoms with Crippen molar-refractivity contribution in [2.75, 3.05) is 50.0 Å². The number of carbonyl (C=O) groups excluding carboxylic acids is 1. The molecule has 2 aliphatic heterocycles. The molecule has 2 fully saturated rings. The van der Waals surface area contributed by atoms with E-state index >= 15 is 0 Å². The van der Waals surface area contributed by atoms with Gasteiger partial charge in [-0.25, -0.2) is 13.2 Å². The van der Waals surface area contributed by atoms with Crippen LogP contribution in [0.5, 0.6) is 6.01 Å². The second-order valence-electron chi connectivity index (χ2n) is 10.1. The summed E-state index contributed by atoms with van der Waals surface area (Å²) < 4.78 is 53.8. The average Bonchev–Trinajstić information content (AvgIpc) is 3.59. The zero-order valence-corrected chi connectivity index (χ0v) is 22.6. The van der Waals surface area contributed by atoms with E-state index in [-0.39, 0.29) is 35.7 Å². The number of ether oxygens (including phenoxy) is 1. The van der Waals surface area contributed by atoms with Crippen molar-refractivity contribution in [1.29, 1.82) is 0 Å². The molecular formula is C28H26ClF3N6O3. The summed E-state index contributed by atoms with van der Waals surface area (Å²) >= 11 is 6.36. The standard InChI is InChI=1S/C28H26ClF3N6O3/c1-2-22(39)37-4-6-38(7-5-37)26-23-21(35-27(36-26)41-13-16-12-28(31,32)14-34-16)11-18(17-3-8-40-25(17)23)19-9-15(33)10-20(30)24(19)29/h2-3,8-11,16,34H,1,4-7,12-14,33H2/t16-/m0/s1. The van der Waals surface area contributed by atoms with Crippen molar-refractivity contribution in [2.24, 2.45) is 0 Å². The first kappa shape index (κ1) is 27.2. The fourth-order valence-electron chi connectivity index (χ4n) is 5.38. The second kappa shape index (κ2) is 10.4. The van der Waals surface area contributed by atoms with E-state index in [1.165, 1.54) is 12.3 Å². The Morgan fingerprint density at radius 3 is 2.73 bits per heavy atom. The lowest BCUT2D eigenvalue weighted by Crippen LogP contribution is -2.48. The zero-order chi connectivity index (χ0) is 28.9. The van der Waals surface area contributed by atoms with E-state index in [9.17, 15) is 18.0 Å². The minimum absolute atomic E-state index is 0.0178. The predicted octanol–water partition coefficient (Wildman–Crippen LogP) is 4.63. The number of hydrogen-bond donors (Lipinski definition) is 2. The molecule has 2 aliphatic rings. The molecule has 0 unspecified atom stereocenters.